The third-order valence-corrected chi connectivity index (χ3v) is 3.91. The van der Waals surface area contributed by atoms with Crippen LogP contribution < -0.4 is 11.5 Å². The second-order valence-corrected chi connectivity index (χ2v) is 5.31. The van der Waals surface area contributed by atoms with Crippen LogP contribution in [0.5, 0.6) is 0 Å². The molecule has 0 atom stereocenters. The molecule has 2 rings (SSSR count). The molecule has 0 radical (unpaired) electrons. The van der Waals surface area contributed by atoms with Gasteiger partial charge >= 0.3 is 0 Å². The Kier molecular flexibility index (Phi) is 3.53. The highest BCUT2D eigenvalue weighted by Gasteiger charge is 2.19. The van der Waals surface area contributed by atoms with Crippen molar-refractivity contribution >= 4 is 17.2 Å². The minimum atomic E-state index is -0.0377. The molecule has 0 aliphatic rings. The fourth-order valence-electron chi connectivity index (χ4n) is 2.48. The molecule has 0 saturated heterocycles. The molecule has 0 aliphatic carbocycles. The molecule has 0 fully saturated rings. The summed E-state index contributed by atoms with van der Waals surface area (Å²) in [6.45, 7) is 7.99. The Hall–Kier alpha value is -2.29. The average molecular weight is 268 g/mol. The predicted octanol–water partition coefficient (Wildman–Crippen LogP) is 3.32. The van der Waals surface area contributed by atoms with Crippen molar-refractivity contribution < 1.29 is 4.79 Å². The van der Waals surface area contributed by atoms with Gasteiger partial charge in [-0.1, -0.05) is 6.07 Å². The average Bonchev–Trinajstić information content (AvgIpc) is 2.36. The number of carbonyl (C=O) groups excluding carboxylic acids is 1. The van der Waals surface area contributed by atoms with Crippen LogP contribution in [-0.4, -0.2) is 5.78 Å². The van der Waals surface area contributed by atoms with Crippen molar-refractivity contribution in [1.82, 2.24) is 0 Å². The molecule has 0 heterocycles. The van der Waals surface area contributed by atoms with Crippen LogP contribution in [0.15, 0.2) is 24.3 Å². The van der Waals surface area contributed by atoms with E-state index in [4.69, 9.17) is 11.5 Å². The molecular weight excluding hydrogens is 248 g/mol. The zero-order valence-electron chi connectivity index (χ0n) is 12.4. The fraction of sp³-hybridized carbons (Fsp3) is 0.235. The summed E-state index contributed by atoms with van der Waals surface area (Å²) in [5, 5.41) is 0. The maximum atomic E-state index is 12.8. The van der Waals surface area contributed by atoms with Gasteiger partial charge in [-0.05, 0) is 68.1 Å². The van der Waals surface area contributed by atoms with Crippen LogP contribution in [0.2, 0.25) is 0 Å². The van der Waals surface area contributed by atoms with E-state index in [9.17, 15) is 4.79 Å². The molecule has 0 bridgehead atoms. The first kappa shape index (κ1) is 14.1. The Morgan fingerprint density at radius 1 is 0.900 bits per heavy atom. The predicted molar refractivity (Wildman–Crippen MR) is 84.1 cm³/mol. The van der Waals surface area contributed by atoms with Crippen LogP contribution in [0, 0.1) is 27.7 Å². The summed E-state index contributed by atoms with van der Waals surface area (Å²) in [5.41, 5.74) is 18.1. The van der Waals surface area contributed by atoms with Gasteiger partial charge in [0, 0.05) is 22.5 Å². The summed E-state index contributed by atoms with van der Waals surface area (Å²) in [5.74, 6) is -0.0377. The molecule has 104 valence electrons. The first-order chi connectivity index (χ1) is 9.32. The molecule has 20 heavy (non-hydrogen) atoms. The van der Waals surface area contributed by atoms with Gasteiger partial charge in [-0.2, -0.15) is 0 Å². The Bertz CT molecular complexity index is 676. The van der Waals surface area contributed by atoms with Crippen molar-refractivity contribution in [3.8, 4) is 0 Å². The highest BCUT2D eigenvalue weighted by molar-refractivity contribution is 6.14. The van der Waals surface area contributed by atoms with Gasteiger partial charge in [0.1, 0.15) is 0 Å². The maximum absolute atomic E-state index is 12.8. The van der Waals surface area contributed by atoms with Gasteiger partial charge < -0.3 is 11.5 Å². The molecule has 0 unspecified atom stereocenters. The molecule has 2 aromatic rings. The molecule has 0 aliphatic heterocycles. The van der Waals surface area contributed by atoms with Crippen molar-refractivity contribution in [3.63, 3.8) is 0 Å². The second-order valence-electron chi connectivity index (χ2n) is 5.31. The van der Waals surface area contributed by atoms with Crippen LogP contribution in [-0.2, 0) is 0 Å². The van der Waals surface area contributed by atoms with Gasteiger partial charge in [-0.15, -0.1) is 0 Å². The topological polar surface area (TPSA) is 69.1 Å². The smallest absolute Gasteiger partial charge is 0.195 e. The van der Waals surface area contributed by atoms with Crippen LogP contribution in [0.25, 0.3) is 0 Å². The zero-order chi connectivity index (χ0) is 15.0. The number of aryl methyl sites for hydroxylation is 2. The van der Waals surface area contributed by atoms with Gasteiger partial charge in [0.25, 0.3) is 0 Å². The van der Waals surface area contributed by atoms with Gasteiger partial charge in [-0.3, -0.25) is 4.79 Å². The van der Waals surface area contributed by atoms with E-state index in [2.05, 4.69) is 6.07 Å². The largest absolute Gasteiger partial charge is 0.399 e. The standard InChI is InChI=1S/C17H20N2O/c1-9-7-10(2)12(4)16(11(9)3)17(20)14-6-5-13(18)8-15(14)19/h5-8H,18-19H2,1-4H3. The monoisotopic (exact) mass is 268 g/mol. The molecule has 3 nitrogen and oxygen atoms in total. The number of rotatable bonds is 2. The van der Waals surface area contributed by atoms with E-state index in [1.807, 2.05) is 27.7 Å². The number of anilines is 2. The normalized spacial score (nSPS) is 10.6. The third-order valence-electron chi connectivity index (χ3n) is 3.91. The third kappa shape index (κ3) is 2.27. The van der Waals surface area contributed by atoms with E-state index < -0.39 is 0 Å². The summed E-state index contributed by atoms with van der Waals surface area (Å²) in [6, 6.07) is 7.13. The zero-order valence-corrected chi connectivity index (χ0v) is 12.4. The first-order valence-corrected chi connectivity index (χ1v) is 6.60. The lowest BCUT2D eigenvalue weighted by atomic mass is 9.89. The number of benzene rings is 2. The maximum Gasteiger partial charge on any atom is 0.195 e. The number of nitrogen functional groups attached to an aromatic ring is 2. The van der Waals surface area contributed by atoms with Crippen molar-refractivity contribution in [3.05, 3.63) is 57.6 Å². The Morgan fingerprint density at radius 2 is 1.45 bits per heavy atom. The Balaban J connectivity index is 2.65. The SMILES string of the molecule is Cc1cc(C)c(C)c(C(=O)c2ccc(N)cc2N)c1C. The molecule has 4 N–H and O–H groups in total. The van der Waals surface area contributed by atoms with Crippen molar-refractivity contribution in [1.29, 1.82) is 0 Å². The fourth-order valence-corrected chi connectivity index (χ4v) is 2.48. The van der Waals surface area contributed by atoms with Crippen molar-refractivity contribution in [2.75, 3.05) is 11.5 Å². The lowest BCUT2D eigenvalue weighted by Crippen LogP contribution is -2.11. The van der Waals surface area contributed by atoms with Gasteiger partial charge in [0.2, 0.25) is 0 Å². The van der Waals surface area contributed by atoms with Crippen molar-refractivity contribution in [2.24, 2.45) is 0 Å². The molecular formula is C17H20N2O. The van der Waals surface area contributed by atoms with Gasteiger partial charge in [0.15, 0.2) is 5.78 Å². The summed E-state index contributed by atoms with van der Waals surface area (Å²) in [6.07, 6.45) is 0. The van der Waals surface area contributed by atoms with E-state index in [-0.39, 0.29) is 5.78 Å². The lowest BCUT2D eigenvalue weighted by Gasteiger charge is -2.15. The molecule has 0 saturated carbocycles. The van der Waals surface area contributed by atoms with E-state index in [0.717, 1.165) is 27.8 Å². The number of hydrogen-bond donors (Lipinski definition) is 2. The van der Waals surface area contributed by atoms with E-state index in [0.29, 0.717) is 16.9 Å². The number of nitrogens with two attached hydrogens (primary N) is 2. The van der Waals surface area contributed by atoms with Crippen LogP contribution in [0.4, 0.5) is 11.4 Å². The number of ketones is 1. The van der Waals surface area contributed by atoms with E-state index in [1.165, 1.54) is 0 Å². The van der Waals surface area contributed by atoms with Crippen LogP contribution >= 0.6 is 0 Å². The molecule has 0 spiro atoms. The van der Waals surface area contributed by atoms with Gasteiger partial charge in [0.05, 0.1) is 0 Å². The Morgan fingerprint density at radius 3 is 1.95 bits per heavy atom. The molecule has 3 heteroatoms. The molecule has 0 amide bonds. The first-order valence-electron chi connectivity index (χ1n) is 6.60. The number of carbonyl (C=O) groups is 1. The summed E-state index contributed by atoms with van der Waals surface area (Å²) in [4.78, 5) is 12.8. The van der Waals surface area contributed by atoms with Crippen molar-refractivity contribution in [2.45, 2.75) is 27.7 Å². The highest BCUT2D eigenvalue weighted by atomic mass is 16.1. The minimum Gasteiger partial charge on any atom is -0.399 e. The summed E-state index contributed by atoms with van der Waals surface area (Å²) < 4.78 is 0. The van der Waals surface area contributed by atoms with E-state index >= 15 is 0 Å². The summed E-state index contributed by atoms with van der Waals surface area (Å²) in [7, 11) is 0. The quantitative estimate of drug-likeness (QED) is 0.648. The lowest BCUT2D eigenvalue weighted by molar-refractivity contribution is 0.103. The Labute approximate surface area is 119 Å². The van der Waals surface area contributed by atoms with Gasteiger partial charge in [-0.25, -0.2) is 0 Å². The highest BCUT2D eigenvalue weighted by Crippen LogP contribution is 2.27. The van der Waals surface area contributed by atoms with Crippen LogP contribution in [0.3, 0.4) is 0 Å². The molecule has 2 aromatic carbocycles. The molecule has 0 aromatic heterocycles. The number of hydrogen-bond acceptors (Lipinski definition) is 3. The second kappa shape index (κ2) is 5.00. The minimum absolute atomic E-state index is 0.0377. The summed E-state index contributed by atoms with van der Waals surface area (Å²) >= 11 is 0. The van der Waals surface area contributed by atoms with E-state index in [1.54, 1.807) is 18.2 Å². The van der Waals surface area contributed by atoms with Crippen LogP contribution in [0.1, 0.15) is 38.2 Å².